The number of nitrogens with zero attached hydrogens (tertiary/aromatic N) is 3. The predicted octanol–water partition coefficient (Wildman–Crippen LogP) is 11.7. The van der Waals surface area contributed by atoms with Gasteiger partial charge in [-0.1, -0.05) is 95.0 Å². The van der Waals surface area contributed by atoms with Crippen molar-refractivity contribution in [1.82, 2.24) is 25.6 Å². The van der Waals surface area contributed by atoms with Gasteiger partial charge in [-0.15, -0.1) is 5.10 Å². The number of methoxy groups -OCH3 is 2. The molecule has 8 atom stereocenters. The molecule has 5 N–H and O–H groups in total. The van der Waals surface area contributed by atoms with Gasteiger partial charge in [0, 0.05) is 43.7 Å². The molecule has 386 valence electrons. The molecule has 3 aromatic rings. The number of fused-ring (bicyclic) bond motifs is 5. The largest absolute Gasteiger partial charge is 0.508 e. The summed E-state index contributed by atoms with van der Waals surface area (Å²) >= 11 is 0. The average molecular weight is 974 g/mol. The van der Waals surface area contributed by atoms with Crippen LogP contribution in [0.15, 0.2) is 77.7 Å². The number of aromatic nitrogens is 3. The van der Waals surface area contributed by atoms with Crippen molar-refractivity contribution in [1.29, 1.82) is 0 Å². The number of carbonyl (C=O) groups is 2. The van der Waals surface area contributed by atoms with Crippen LogP contribution in [0.5, 0.6) is 23.0 Å². The van der Waals surface area contributed by atoms with Crippen molar-refractivity contribution in [3.05, 3.63) is 94.5 Å². The lowest BCUT2D eigenvalue weighted by atomic mass is 9.47. The van der Waals surface area contributed by atoms with Crippen LogP contribution >= 0.6 is 0 Å². The van der Waals surface area contributed by atoms with Crippen LogP contribution in [-0.2, 0) is 22.6 Å². The van der Waals surface area contributed by atoms with Crippen LogP contribution in [0.25, 0.3) is 12.2 Å². The predicted molar refractivity (Wildman–Crippen MR) is 282 cm³/mol. The molecule has 4 aliphatic carbocycles. The summed E-state index contributed by atoms with van der Waals surface area (Å²) in [6.07, 6.45) is 28.2. The van der Waals surface area contributed by atoms with E-state index in [0.717, 1.165) is 54.9 Å². The SMILES string of the molecule is COc1cc(/C=C/C(=O)/C(Cc2cn(CCCC(=O)NCCCCN[C@H]3CC[C@@]4(C)C(=CC[C@H]5[C@@H]6CC[C@H]([C@H](C)CCCC(C)C)[C@@]6(C)CC[C@@H]54)C3)nn2)=C(O)/C=C/c2ccc(O)c(OC)c2)ccc1O. The minimum absolute atomic E-state index is 0.00979. The smallest absolute Gasteiger partial charge is 0.220 e. The average Bonchev–Trinajstić information content (AvgIpc) is 3.96. The maximum Gasteiger partial charge on any atom is 0.220 e. The second-order valence-electron chi connectivity index (χ2n) is 22.3. The van der Waals surface area contributed by atoms with Crippen molar-refractivity contribution in [2.75, 3.05) is 27.3 Å². The first-order valence-corrected chi connectivity index (χ1v) is 26.8. The summed E-state index contributed by atoms with van der Waals surface area (Å²) in [6, 6.07) is 10.00. The number of unbranched alkanes of at least 4 members (excludes halogenated alkanes) is 1. The lowest BCUT2D eigenvalue weighted by Crippen LogP contribution is -2.51. The lowest BCUT2D eigenvalue weighted by Gasteiger charge is -2.58. The van der Waals surface area contributed by atoms with E-state index in [1.54, 1.807) is 52.9 Å². The van der Waals surface area contributed by atoms with Gasteiger partial charge in [0.2, 0.25) is 5.91 Å². The molecular formula is C59H83N5O7. The van der Waals surface area contributed by atoms with Crippen molar-refractivity contribution in [3.63, 3.8) is 0 Å². The highest BCUT2D eigenvalue weighted by atomic mass is 16.5. The molecule has 12 heteroatoms. The molecule has 71 heavy (non-hydrogen) atoms. The number of aryl methyl sites for hydroxylation is 1. The Balaban J connectivity index is 0.828. The van der Waals surface area contributed by atoms with Crippen LogP contribution in [0.3, 0.4) is 0 Å². The molecule has 0 aliphatic heterocycles. The van der Waals surface area contributed by atoms with Crippen LogP contribution in [0, 0.1) is 46.3 Å². The van der Waals surface area contributed by atoms with Crippen molar-refractivity contribution in [2.24, 2.45) is 46.3 Å². The topological polar surface area (TPSA) is 168 Å². The fourth-order valence-electron chi connectivity index (χ4n) is 13.3. The highest BCUT2D eigenvalue weighted by Crippen LogP contribution is 2.67. The molecule has 1 aromatic heterocycles. The molecule has 0 saturated heterocycles. The first kappa shape index (κ1) is 53.4. The number of benzene rings is 2. The molecule has 0 bridgehead atoms. The third-order valence-electron chi connectivity index (χ3n) is 17.3. The Morgan fingerprint density at radius 1 is 0.859 bits per heavy atom. The van der Waals surface area contributed by atoms with Gasteiger partial charge in [0.05, 0.1) is 19.9 Å². The molecule has 3 fully saturated rings. The summed E-state index contributed by atoms with van der Waals surface area (Å²) in [5.74, 6) is 4.96. The summed E-state index contributed by atoms with van der Waals surface area (Å²) in [7, 11) is 2.89. The minimum atomic E-state index is -0.456. The summed E-state index contributed by atoms with van der Waals surface area (Å²) in [5, 5.41) is 46.7. The maximum absolute atomic E-state index is 13.6. The Kier molecular flexibility index (Phi) is 18.3. The Morgan fingerprint density at radius 3 is 2.27 bits per heavy atom. The normalized spacial score (nSPS) is 25.9. The number of phenols is 2. The van der Waals surface area contributed by atoms with Gasteiger partial charge in [0.25, 0.3) is 0 Å². The Bertz CT molecular complexity index is 2420. The van der Waals surface area contributed by atoms with Crippen molar-refractivity contribution >= 4 is 23.8 Å². The summed E-state index contributed by atoms with van der Waals surface area (Å²) in [6.45, 7) is 14.7. The van der Waals surface area contributed by atoms with Gasteiger partial charge in [-0.2, -0.15) is 0 Å². The number of aliphatic hydroxyl groups is 1. The molecule has 3 saturated carbocycles. The van der Waals surface area contributed by atoms with Crippen molar-refractivity contribution < 1.29 is 34.4 Å². The Labute approximate surface area is 423 Å². The maximum atomic E-state index is 13.6. The zero-order valence-corrected chi connectivity index (χ0v) is 43.7. The fraction of sp³-hybridized carbons (Fsp3) is 0.593. The van der Waals surface area contributed by atoms with E-state index in [1.807, 2.05) is 0 Å². The van der Waals surface area contributed by atoms with Gasteiger partial charge in [-0.3, -0.25) is 14.3 Å². The number of rotatable bonds is 24. The summed E-state index contributed by atoms with van der Waals surface area (Å²) in [4.78, 5) is 26.4. The number of nitrogens with one attached hydrogen (secondary N) is 2. The Morgan fingerprint density at radius 2 is 1.56 bits per heavy atom. The molecule has 1 heterocycles. The van der Waals surface area contributed by atoms with Crippen molar-refractivity contribution in [3.8, 4) is 23.0 Å². The first-order valence-electron chi connectivity index (χ1n) is 26.8. The second kappa shape index (κ2) is 24.4. The van der Waals surface area contributed by atoms with E-state index in [4.69, 9.17) is 9.47 Å². The molecular weight excluding hydrogens is 891 g/mol. The van der Waals surface area contributed by atoms with Crippen LogP contribution in [0.1, 0.15) is 148 Å². The molecule has 7 rings (SSSR count). The fourth-order valence-corrected chi connectivity index (χ4v) is 13.3. The van der Waals surface area contributed by atoms with Gasteiger partial charge in [-0.25, -0.2) is 0 Å². The number of carbonyl (C=O) groups excluding carboxylic acids is 2. The van der Waals surface area contributed by atoms with Gasteiger partial charge in [-0.05, 0) is 171 Å². The molecule has 0 radical (unpaired) electrons. The third kappa shape index (κ3) is 13.2. The first-order chi connectivity index (χ1) is 34.1. The summed E-state index contributed by atoms with van der Waals surface area (Å²) < 4.78 is 12.0. The Hall–Kier alpha value is -5.36. The quantitative estimate of drug-likeness (QED) is 0.0192. The number of ether oxygens (including phenoxy) is 2. The third-order valence-corrected chi connectivity index (χ3v) is 17.3. The van der Waals surface area contributed by atoms with Crippen LogP contribution in [0.2, 0.25) is 0 Å². The van der Waals surface area contributed by atoms with Gasteiger partial charge in [0.15, 0.2) is 28.8 Å². The number of phenolic OH excluding ortho intramolecular Hbond substituents is 2. The number of aromatic hydroxyl groups is 2. The standard InChI is InChI=1S/C59H83N5O7/c1-39(2)12-10-13-40(3)48-21-22-49-46-20-19-43-36-44(27-29-58(43,4)50(46)28-30-59(48,49)5)60-31-8-9-32-61-57(69)14-11-33-64-38-45(62-63-64)37-47(51(65)23-15-41-17-25-53(67)55(34-41)70-6)52(66)24-16-42-18-26-54(68)56(35-42)71-7/h15-19,23-26,34-35,38-40,44,46,48-50,60,65,67-68H,8-14,20-22,27-33,36-37H2,1-7H3,(H,61,69)/b23-15+,24-16+,51-47-/t40-,44+,46+,48-,49+,50+,58+,59-/m1/s1. The number of allylic oxidation sites excluding steroid dienone is 4. The van der Waals surface area contributed by atoms with E-state index in [2.05, 4.69) is 61.6 Å². The zero-order valence-electron chi connectivity index (χ0n) is 43.7. The molecule has 0 unspecified atom stereocenters. The number of amides is 1. The van der Waals surface area contributed by atoms with E-state index in [1.165, 1.54) is 109 Å². The van der Waals surface area contributed by atoms with Crippen molar-refractivity contribution in [2.45, 2.75) is 150 Å². The van der Waals surface area contributed by atoms with E-state index in [-0.39, 0.29) is 46.7 Å². The number of hydrogen-bond acceptors (Lipinski definition) is 10. The number of hydrogen-bond donors (Lipinski definition) is 5. The molecule has 0 spiro atoms. The minimum Gasteiger partial charge on any atom is -0.508 e. The van der Waals surface area contributed by atoms with Crippen LogP contribution < -0.4 is 20.1 Å². The van der Waals surface area contributed by atoms with Gasteiger partial charge >= 0.3 is 0 Å². The highest BCUT2D eigenvalue weighted by molar-refractivity contribution is 6.07. The van der Waals surface area contributed by atoms with E-state index in [9.17, 15) is 24.9 Å². The number of aliphatic hydroxyl groups excluding tert-OH is 1. The zero-order chi connectivity index (χ0) is 50.7. The van der Waals surface area contributed by atoms with Crippen LogP contribution in [0.4, 0.5) is 0 Å². The number of ketones is 1. The van der Waals surface area contributed by atoms with E-state index < -0.39 is 5.78 Å². The van der Waals surface area contributed by atoms with E-state index >= 15 is 0 Å². The summed E-state index contributed by atoms with van der Waals surface area (Å²) in [5.41, 5.74) is 4.43. The van der Waals surface area contributed by atoms with E-state index in [0.29, 0.717) is 59.6 Å². The highest BCUT2D eigenvalue weighted by Gasteiger charge is 2.59. The molecule has 4 aliphatic rings. The molecule has 2 aromatic carbocycles. The molecule has 1 amide bonds. The molecule has 12 nitrogen and oxygen atoms in total. The monoisotopic (exact) mass is 974 g/mol. The van der Waals surface area contributed by atoms with Crippen LogP contribution in [-0.4, -0.2) is 75.4 Å². The lowest BCUT2D eigenvalue weighted by molar-refractivity contribution is -0.121. The second-order valence-corrected chi connectivity index (χ2v) is 22.3. The van der Waals surface area contributed by atoms with Gasteiger partial charge in [0.1, 0.15) is 5.76 Å². The van der Waals surface area contributed by atoms with Gasteiger partial charge < -0.3 is 35.4 Å².